The van der Waals surface area contributed by atoms with Crippen molar-refractivity contribution < 1.29 is 14.3 Å². The number of H-pyrrole nitrogens is 1. The maximum atomic E-state index is 13.4. The number of hydrogen-bond acceptors (Lipinski definition) is 5. The Balaban J connectivity index is 1.45. The van der Waals surface area contributed by atoms with Crippen molar-refractivity contribution in [1.29, 1.82) is 0 Å². The molecule has 0 spiro atoms. The van der Waals surface area contributed by atoms with E-state index in [1.165, 1.54) is 37.6 Å². The van der Waals surface area contributed by atoms with Gasteiger partial charge in [0.05, 0.1) is 28.8 Å². The van der Waals surface area contributed by atoms with E-state index < -0.39 is 0 Å². The van der Waals surface area contributed by atoms with Gasteiger partial charge in [-0.2, -0.15) is 5.10 Å². The van der Waals surface area contributed by atoms with E-state index in [4.69, 9.17) is 9.72 Å². The summed E-state index contributed by atoms with van der Waals surface area (Å²) in [4.78, 5) is 30.4. The van der Waals surface area contributed by atoms with E-state index in [-0.39, 0.29) is 18.4 Å². The Morgan fingerprint density at radius 2 is 2.00 bits per heavy atom. The zero-order valence-electron chi connectivity index (χ0n) is 19.9. The van der Waals surface area contributed by atoms with E-state index in [2.05, 4.69) is 20.8 Å². The lowest BCUT2D eigenvalue weighted by molar-refractivity contribution is -0.119. The number of anilines is 1. The highest BCUT2D eigenvalue weighted by molar-refractivity contribution is 6.07. The van der Waals surface area contributed by atoms with Gasteiger partial charge < -0.3 is 19.9 Å². The Hall–Kier alpha value is -3.20. The lowest BCUT2D eigenvalue weighted by atomic mass is 9.85. The zero-order valence-corrected chi connectivity index (χ0v) is 19.9. The number of carbonyl (C=O) groups is 2. The van der Waals surface area contributed by atoms with Crippen LogP contribution in [0.1, 0.15) is 77.6 Å². The minimum Gasteiger partial charge on any atom is -0.375 e. The number of methoxy groups -OCH3 is 1. The van der Waals surface area contributed by atoms with E-state index in [1.54, 1.807) is 6.07 Å². The fraction of sp³-hybridized carbons (Fsp3) is 0.520. The van der Waals surface area contributed by atoms with Gasteiger partial charge in [0.1, 0.15) is 12.4 Å². The molecule has 3 N–H and O–H groups in total. The number of hydrogen-bond donors (Lipinski definition) is 3. The Morgan fingerprint density at radius 1 is 1.18 bits per heavy atom. The largest absolute Gasteiger partial charge is 0.375 e. The Morgan fingerprint density at radius 3 is 2.76 bits per heavy atom. The molecule has 2 aromatic heterocycles. The van der Waals surface area contributed by atoms with E-state index >= 15 is 0 Å². The number of rotatable bonds is 7. The normalized spacial score (nSPS) is 16.1. The predicted octanol–water partition coefficient (Wildman–Crippen LogP) is 3.35. The molecule has 1 saturated carbocycles. The number of carbonyl (C=O) groups excluding carboxylic acids is 2. The molecule has 2 heterocycles. The molecule has 2 aliphatic carbocycles. The van der Waals surface area contributed by atoms with Crippen molar-refractivity contribution in [2.75, 3.05) is 19.0 Å². The molecule has 180 valence electrons. The number of benzene rings is 1. The second-order valence-electron chi connectivity index (χ2n) is 9.40. The van der Waals surface area contributed by atoms with Gasteiger partial charge >= 0.3 is 0 Å². The molecule has 1 aromatic carbocycles. The number of aryl methyl sites for hydroxylation is 2. The maximum Gasteiger partial charge on any atom is 0.253 e. The fourth-order valence-electron chi connectivity index (χ4n) is 5.11. The lowest BCUT2D eigenvalue weighted by Crippen LogP contribution is -2.25. The van der Waals surface area contributed by atoms with Crippen LogP contribution in [0.5, 0.6) is 0 Å². The van der Waals surface area contributed by atoms with Crippen LogP contribution in [-0.2, 0) is 36.0 Å². The van der Waals surface area contributed by atoms with Crippen LogP contribution in [0.2, 0.25) is 0 Å². The molecule has 5 rings (SSSR count). The lowest BCUT2D eigenvalue weighted by Gasteiger charge is -2.24. The zero-order chi connectivity index (χ0) is 23.7. The molecule has 0 bridgehead atoms. The highest BCUT2D eigenvalue weighted by atomic mass is 16.5. The average molecular weight is 465 g/mol. The standard InChI is InChI=1S/C25H32N6O3/c1-31-23-18(25(33)26-13-21-17-9-4-3-5-10-19(17)29-30-21)11-16(27-22(32)14-34-2)12-20(23)28-24(31)15-7-6-8-15/h11-12,15H,3-10,13-14H2,1-2H3,(H,26,33)(H,27,32)(H,29,30). The second kappa shape index (κ2) is 9.58. The van der Waals surface area contributed by atoms with Crippen molar-refractivity contribution >= 4 is 28.5 Å². The third-order valence-corrected chi connectivity index (χ3v) is 7.09. The van der Waals surface area contributed by atoms with Gasteiger partial charge in [-0.15, -0.1) is 0 Å². The number of imidazole rings is 1. The molecular weight excluding hydrogens is 432 g/mol. The van der Waals surface area contributed by atoms with Crippen molar-refractivity contribution in [1.82, 2.24) is 25.1 Å². The van der Waals surface area contributed by atoms with Crippen LogP contribution in [-0.4, -0.2) is 45.3 Å². The smallest absolute Gasteiger partial charge is 0.253 e. The summed E-state index contributed by atoms with van der Waals surface area (Å²) in [6, 6.07) is 3.55. The molecular formula is C25H32N6O3. The average Bonchev–Trinajstić information content (AvgIpc) is 3.21. The summed E-state index contributed by atoms with van der Waals surface area (Å²) in [7, 11) is 3.44. The van der Waals surface area contributed by atoms with Gasteiger partial charge in [0.2, 0.25) is 5.91 Å². The number of nitrogens with one attached hydrogen (secondary N) is 3. The summed E-state index contributed by atoms with van der Waals surface area (Å²) >= 11 is 0. The van der Waals surface area contributed by atoms with Crippen LogP contribution in [0.25, 0.3) is 11.0 Å². The van der Waals surface area contributed by atoms with Gasteiger partial charge in [-0.1, -0.05) is 12.8 Å². The number of aromatic amines is 1. The molecule has 0 saturated heterocycles. The van der Waals surface area contributed by atoms with E-state index in [1.807, 2.05) is 17.7 Å². The van der Waals surface area contributed by atoms with Gasteiger partial charge in [0.25, 0.3) is 5.91 Å². The quantitative estimate of drug-likeness (QED) is 0.464. The van der Waals surface area contributed by atoms with Crippen molar-refractivity contribution in [2.24, 2.45) is 7.05 Å². The van der Waals surface area contributed by atoms with Gasteiger partial charge in [-0.25, -0.2) is 4.98 Å². The van der Waals surface area contributed by atoms with Crippen LogP contribution in [0.4, 0.5) is 5.69 Å². The third kappa shape index (κ3) is 4.32. The molecule has 0 atom stereocenters. The molecule has 0 unspecified atom stereocenters. The topological polar surface area (TPSA) is 114 Å². The molecule has 1 fully saturated rings. The summed E-state index contributed by atoms with van der Waals surface area (Å²) in [6.07, 6.45) is 8.97. The van der Waals surface area contributed by atoms with Gasteiger partial charge in [-0.05, 0) is 56.2 Å². The molecule has 9 heteroatoms. The third-order valence-electron chi connectivity index (χ3n) is 7.09. The fourth-order valence-corrected chi connectivity index (χ4v) is 5.11. The molecule has 34 heavy (non-hydrogen) atoms. The number of amides is 2. The van der Waals surface area contributed by atoms with Gasteiger partial charge in [-0.3, -0.25) is 14.7 Å². The first-order chi connectivity index (χ1) is 16.5. The molecule has 2 amide bonds. The first kappa shape index (κ1) is 22.6. The molecule has 9 nitrogen and oxygen atoms in total. The summed E-state index contributed by atoms with van der Waals surface area (Å²) in [5, 5.41) is 13.5. The molecule has 2 aliphatic rings. The Bertz CT molecular complexity index is 1220. The molecule has 0 aliphatic heterocycles. The van der Waals surface area contributed by atoms with Crippen molar-refractivity contribution in [3.05, 3.63) is 40.5 Å². The van der Waals surface area contributed by atoms with E-state index in [0.717, 1.165) is 49.1 Å². The monoisotopic (exact) mass is 464 g/mol. The van der Waals surface area contributed by atoms with E-state index in [0.29, 0.717) is 29.2 Å². The minimum atomic E-state index is -0.275. The summed E-state index contributed by atoms with van der Waals surface area (Å²) < 4.78 is 6.97. The highest BCUT2D eigenvalue weighted by Crippen LogP contribution is 2.38. The highest BCUT2D eigenvalue weighted by Gasteiger charge is 2.27. The summed E-state index contributed by atoms with van der Waals surface area (Å²) in [5.74, 6) is 0.927. The number of aromatic nitrogens is 4. The maximum absolute atomic E-state index is 13.4. The first-order valence-electron chi connectivity index (χ1n) is 12.2. The van der Waals surface area contributed by atoms with Crippen molar-refractivity contribution in [3.8, 4) is 0 Å². The number of fused-ring (bicyclic) bond motifs is 2. The molecule has 0 radical (unpaired) electrons. The Kier molecular flexibility index (Phi) is 6.36. The van der Waals surface area contributed by atoms with Crippen LogP contribution in [0.15, 0.2) is 12.1 Å². The van der Waals surface area contributed by atoms with Crippen LogP contribution >= 0.6 is 0 Å². The number of ether oxygens (including phenoxy) is 1. The van der Waals surface area contributed by atoms with Crippen molar-refractivity contribution in [2.45, 2.75) is 63.8 Å². The minimum absolute atomic E-state index is 0.0562. The van der Waals surface area contributed by atoms with E-state index in [9.17, 15) is 9.59 Å². The van der Waals surface area contributed by atoms with Crippen molar-refractivity contribution in [3.63, 3.8) is 0 Å². The van der Waals surface area contributed by atoms with Crippen LogP contribution in [0, 0.1) is 0 Å². The van der Waals surface area contributed by atoms with Crippen LogP contribution < -0.4 is 10.6 Å². The summed E-state index contributed by atoms with van der Waals surface area (Å²) in [5.41, 5.74) is 5.87. The van der Waals surface area contributed by atoms with Gasteiger partial charge in [0, 0.05) is 31.5 Å². The van der Waals surface area contributed by atoms with Crippen LogP contribution in [0.3, 0.4) is 0 Å². The molecule has 3 aromatic rings. The second-order valence-corrected chi connectivity index (χ2v) is 9.40. The summed E-state index contributed by atoms with van der Waals surface area (Å²) in [6.45, 7) is 0.305. The van der Waals surface area contributed by atoms with Gasteiger partial charge in [0.15, 0.2) is 0 Å². The SMILES string of the molecule is COCC(=O)Nc1cc(C(=O)NCc2n[nH]c3c2CCCCC3)c2c(c1)nc(C1CCC1)n2C. The Labute approximate surface area is 198 Å². The first-order valence-corrected chi connectivity index (χ1v) is 12.2. The number of nitrogens with zero attached hydrogens (tertiary/aromatic N) is 3. The predicted molar refractivity (Wildman–Crippen MR) is 129 cm³/mol.